The first-order chi connectivity index (χ1) is 8.65. The fourth-order valence-corrected chi connectivity index (χ4v) is 1.69. The summed E-state index contributed by atoms with van der Waals surface area (Å²) >= 11 is 0. The summed E-state index contributed by atoms with van der Waals surface area (Å²) in [6.07, 6.45) is 4.57. The van der Waals surface area contributed by atoms with Crippen LogP contribution in [0.1, 0.15) is 24.9 Å². The summed E-state index contributed by atoms with van der Waals surface area (Å²) in [5.41, 5.74) is 2.73. The maximum Gasteiger partial charge on any atom is 0.130 e. The Labute approximate surface area is 106 Å². The standard InChI is InChI=1S/C14H15N3O/c1-10-8-13(12-4-3-7-15-9-12)17-14(16-10)6-5-11(2)18/h3-4,7-9H,5-6H2,1-2H3. The van der Waals surface area contributed by atoms with Crippen LogP contribution in [0.2, 0.25) is 0 Å². The van der Waals surface area contributed by atoms with E-state index in [-0.39, 0.29) is 5.78 Å². The minimum Gasteiger partial charge on any atom is -0.300 e. The molecule has 2 heterocycles. The van der Waals surface area contributed by atoms with Crippen LogP contribution in [0.25, 0.3) is 11.3 Å². The van der Waals surface area contributed by atoms with Crippen molar-refractivity contribution in [2.24, 2.45) is 0 Å². The van der Waals surface area contributed by atoms with E-state index in [0.29, 0.717) is 18.7 Å². The summed E-state index contributed by atoms with van der Waals surface area (Å²) < 4.78 is 0. The minimum atomic E-state index is 0.156. The molecule has 2 rings (SSSR count). The van der Waals surface area contributed by atoms with Crippen molar-refractivity contribution in [1.82, 2.24) is 15.0 Å². The van der Waals surface area contributed by atoms with Gasteiger partial charge in [-0.1, -0.05) is 0 Å². The lowest BCUT2D eigenvalue weighted by Crippen LogP contribution is -2.02. The van der Waals surface area contributed by atoms with Crippen LogP contribution in [0.5, 0.6) is 0 Å². The van der Waals surface area contributed by atoms with Crippen molar-refractivity contribution in [2.75, 3.05) is 0 Å². The van der Waals surface area contributed by atoms with Gasteiger partial charge in [0.15, 0.2) is 0 Å². The average Bonchev–Trinajstić information content (AvgIpc) is 2.37. The Bertz CT molecular complexity index is 552. The Kier molecular flexibility index (Phi) is 3.77. The van der Waals surface area contributed by atoms with Crippen molar-refractivity contribution in [1.29, 1.82) is 0 Å². The highest BCUT2D eigenvalue weighted by Gasteiger charge is 2.05. The van der Waals surface area contributed by atoms with Gasteiger partial charge in [-0.15, -0.1) is 0 Å². The van der Waals surface area contributed by atoms with Gasteiger partial charge in [0, 0.05) is 36.5 Å². The van der Waals surface area contributed by atoms with Gasteiger partial charge in [0.1, 0.15) is 11.6 Å². The van der Waals surface area contributed by atoms with Gasteiger partial charge in [-0.05, 0) is 32.0 Å². The molecule has 0 aliphatic heterocycles. The molecule has 0 saturated carbocycles. The van der Waals surface area contributed by atoms with Crippen LogP contribution in [0.3, 0.4) is 0 Å². The molecular weight excluding hydrogens is 226 g/mol. The first-order valence-corrected chi connectivity index (χ1v) is 5.89. The molecule has 0 aliphatic rings. The van der Waals surface area contributed by atoms with E-state index >= 15 is 0 Å². The minimum absolute atomic E-state index is 0.156. The molecule has 0 atom stereocenters. The summed E-state index contributed by atoms with van der Waals surface area (Å²) in [5.74, 6) is 0.868. The van der Waals surface area contributed by atoms with E-state index in [4.69, 9.17) is 0 Å². The van der Waals surface area contributed by atoms with Crippen molar-refractivity contribution < 1.29 is 4.79 Å². The van der Waals surface area contributed by atoms with Crippen LogP contribution in [-0.4, -0.2) is 20.7 Å². The quantitative estimate of drug-likeness (QED) is 0.824. The molecule has 0 radical (unpaired) electrons. The highest BCUT2D eigenvalue weighted by molar-refractivity contribution is 5.75. The number of carbonyl (C=O) groups is 1. The third kappa shape index (κ3) is 3.20. The predicted octanol–water partition coefficient (Wildman–Crippen LogP) is 2.37. The number of carbonyl (C=O) groups excluding carboxylic acids is 1. The van der Waals surface area contributed by atoms with Gasteiger partial charge in [0.05, 0.1) is 5.69 Å². The molecule has 0 aromatic carbocycles. The molecule has 0 N–H and O–H groups in total. The first kappa shape index (κ1) is 12.4. The van der Waals surface area contributed by atoms with E-state index < -0.39 is 0 Å². The number of rotatable bonds is 4. The summed E-state index contributed by atoms with van der Waals surface area (Å²) in [6.45, 7) is 3.51. The van der Waals surface area contributed by atoms with Crippen molar-refractivity contribution in [3.63, 3.8) is 0 Å². The zero-order valence-corrected chi connectivity index (χ0v) is 10.6. The molecule has 2 aromatic rings. The Morgan fingerprint density at radius 2 is 2.17 bits per heavy atom. The molecule has 0 unspecified atom stereocenters. The number of pyridine rings is 1. The number of ketones is 1. The molecule has 0 spiro atoms. The highest BCUT2D eigenvalue weighted by atomic mass is 16.1. The second-order valence-electron chi connectivity index (χ2n) is 4.25. The molecule has 4 heteroatoms. The second kappa shape index (κ2) is 5.49. The van der Waals surface area contributed by atoms with Crippen LogP contribution >= 0.6 is 0 Å². The fourth-order valence-electron chi connectivity index (χ4n) is 1.69. The molecule has 0 bridgehead atoms. The van der Waals surface area contributed by atoms with E-state index in [1.807, 2.05) is 25.1 Å². The van der Waals surface area contributed by atoms with Gasteiger partial charge < -0.3 is 4.79 Å². The van der Waals surface area contributed by atoms with E-state index in [9.17, 15) is 4.79 Å². The Balaban J connectivity index is 2.29. The Morgan fingerprint density at radius 3 is 2.83 bits per heavy atom. The third-order valence-corrected chi connectivity index (χ3v) is 2.56. The smallest absolute Gasteiger partial charge is 0.130 e. The molecule has 2 aromatic heterocycles. The molecule has 0 aliphatic carbocycles. The normalized spacial score (nSPS) is 10.3. The molecule has 0 saturated heterocycles. The first-order valence-electron chi connectivity index (χ1n) is 5.89. The summed E-state index contributed by atoms with van der Waals surface area (Å²) in [7, 11) is 0. The average molecular weight is 241 g/mol. The van der Waals surface area contributed by atoms with E-state index in [1.54, 1.807) is 19.3 Å². The maximum atomic E-state index is 11.0. The van der Waals surface area contributed by atoms with Gasteiger partial charge >= 0.3 is 0 Å². The largest absolute Gasteiger partial charge is 0.300 e. The topological polar surface area (TPSA) is 55.7 Å². The van der Waals surface area contributed by atoms with Crippen molar-refractivity contribution >= 4 is 5.78 Å². The van der Waals surface area contributed by atoms with Crippen molar-refractivity contribution in [3.8, 4) is 11.3 Å². The lowest BCUT2D eigenvalue weighted by atomic mass is 10.1. The van der Waals surface area contributed by atoms with Gasteiger partial charge in [-0.2, -0.15) is 0 Å². The zero-order valence-electron chi connectivity index (χ0n) is 10.6. The second-order valence-corrected chi connectivity index (χ2v) is 4.25. The fraction of sp³-hybridized carbons (Fsp3) is 0.286. The predicted molar refractivity (Wildman–Crippen MR) is 69.0 cm³/mol. The number of Topliss-reactive ketones (excluding diaryl/α,β-unsaturated/α-hetero) is 1. The van der Waals surface area contributed by atoms with Crippen LogP contribution in [0.4, 0.5) is 0 Å². The number of aryl methyl sites for hydroxylation is 2. The molecule has 0 fully saturated rings. The molecule has 0 amide bonds. The lowest BCUT2D eigenvalue weighted by Gasteiger charge is -2.05. The summed E-state index contributed by atoms with van der Waals surface area (Å²) in [5, 5.41) is 0. The van der Waals surface area contributed by atoms with Crippen LogP contribution < -0.4 is 0 Å². The summed E-state index contributed by atoms with van der Waals surface area (Å²) in [6, 6.07) is 5.76. The van der Waals surface area contributed by atoms with Crippen molar-refractivity contribution in [2.45, 2.75) is 26.7 Å². The number of hydrogen-bond acceptors (Lipinski definition) is 4. The van der Waals surface area contributed by atoms with E-state index in [2.05, 4.69) is 15.0 Å². The molecule has 92 valence electrons. The van der Waals surface area contributed by atoms with Gasteiger partial charge in [-0.3, -0.25) is 4.98 Å². The third-order valence-electron chi connectivity index (χ3n) is 2.56. The maximum absolute atomic E-state index is 11.0. The summed E-state index contributed by atoms with van der Waals surface area (Å²) in [4.78, 5) is 23.9. The Hall–Kier alpha value is -2.10. The van der Waals surface area contributed by atoms with Gasteiger partial charge in [0.25, 0.3) is 0 Å². The molecule has 18 heavy (non-hydrogen) atoms. The SMILES string of the molecule is CC(=O)CCc1nc(C)cc(-c2cccnc2)n1. The van der Waals surface area contributed by atoms with Gasteiger partial charge in [0.2, 0.25) is 0 Å². The monoisotopic (exact) mass is 241 g/mol. The van der Waals surface area contributed by atoms with Crippen LogP contribution in [0, 0.1) is 6.92 Å². The van der Waals surface area contributed by atoms with E-state index in [0.717, 1.165) is 17.0 Å². The zero-order chi connectivity index (χ0) is 13.0. The van der Waals surface area contributed by atoms with Crippen molar-refractivity contribution in [3.05, 3.63) is 42.1 Å². The van der Waals surface area contributed by atoms with Crippen LogP contribution in [0.15, 0.2) is 30.6 Å². The highest BCUT2D eigenvalue weighted by Crippen LogP contribution is 2.16. The van der Waals surface area contributed by atoms with E-state index in [1.165, 1.54) is 0 Å². The molecule has 4 nitrogen and oxygen atoms in total. The van der Waals surface area contributed by atoms with Gasteiger partial charge in [-0.25, -0.2) is 9.97 Å². The molecular formula is C14H15N3O. The lowest BCUT2D eigenvalue weighted by molar-refractivity contribution is -0.117. The number of hydrogen-bond donors (Lipinski definition) is 0. The van der Waals surface area contributed by atoms with Crippen LogP contribution in [-0.2, 0) is 11.2 Å². The Morgan fingerprint density at radius 1 is 1.33 bits per heavy atom. The number of aromatic nitrogens is 3. The number of nitrogens with zero attached hydrogens (tertiary/aromatic N) is 3.